The highest BCUT2D eigenvalue weighted by atomic mass is 16.6. The third-order valence-electron chi connectivity index (χ3n) is 5.94. The molecule has 1 saturated heterocycles. The summed E-state index contributed by atoms with van der Waals surface area (Å²) in [5.41, 5.74) is 1.85. The number of benzene rings is 2. The molecule has 194 valence electrons. The summed E-state index contributed by atoms with van der Waals surface area (Å²) < 4.78 is 16.2. The highest BCUT2D eigenvalue weighted by molar-refractivity contribution is 5.84. The molecular weight excluding hydrogens is 460 g/mol. The Kier molecular flexibility index (Phi) is 9.33. The predicted octanol–water partition coefficient (Wildman–Crippen LogP) is 5.73. The molecule has 36 heavy (non-hydrogen) atoms. The Balaban J connectivity index is 1.67. The molecule has 0 bridgehead atoms. The van der Waals surface area contributed by atoms with Gasteiger partial charge < -0.3 is 19.1 Å². The highest BCUT2D eigenvalue weighted by Crippen LogP contribution is 2.35. The van der Waals surface area contributed by atoms with Gasteiger partial charge in [0.2, 0.25) is 0 Å². The summed E-state index contributed by atoms with van der Waals surface area (Å²) in [4.78, 5) is 39.3. The van der Waals surface area contributed by atoms with Crippen LogP contribution >= 0.6 is 0 Å². The Bertz CT molecular complexity index is 1020. The molecule has 8 heteroatoms. The maximum Gasteiger partial charge on any atom is 0.411 e. The lowest BCUT2D eigenvalue weighted by molar-refractivity contribution is -0.149. The molecule has 2 aromatic rings. The molecule has 3 rings (SSSR count). The van der Waals surface area contributed by atoms with Crippen molar-refractivity contribution in [2.75, 3.05) is 25.0 Å². The zero-order chi connectivity index (χ0) is 26.1. The summed E-state index contributed by atoms with van der Waals surface area (Å²) in [7, 11) is 0. The summed E-state index contributed by atoms with van der Waals surface area (Å²) in [5, 5.41) is 2.73. The van der Waals surface area contributed by atoms with Crippen molar-refractivity contribution < 1.29 is 28.6 Å². The van der Waals surface area contributed by atoms with E-state index in [9.17, 15) is 14.4 Å². The van der Waals surface area contributed by atoms with Gasteiger partial charge in [0.1, 0.15) is 12.2 Å². The minimum Gasteiger partial charge on any atom is -0.466 e. The molecule has 1 fully saturated rings. The molecule has 1 heterocycles. The first-order chi connectivity index (χ1) is 17.2. The van der Waals surface area contributed by atoms with Crippen molar-refractivity contribution in [1.82, 2.24) is 4.90 Å². The van der Waals surface area contributed by atoms with Crippen molar-refractivity contribution in [3.8, 4) is 0 Å². The van der Waals surface area contributed by atoms with Crippen LogP contribution < -0.4 is 5.32 Å². The van der Waals surface area contributed by atoms with E-state index >= 15 is 0 Å². The molecule has 0 aliphatic carbocycles. The Morgan fingerprint density at radius 2 is 1.61 bits per heavy atom. The average molecular weight is 497 g/mol. The smallest absolute Gasteiger partial charge is 0.411 e. The van der Waals surface area contributed by atoms with Gasteiger partial charge in [0.05, 0.1) is 12.5 Å². The lowest BCUT2D eigenvalue weighted by Gasteiger charge is -2.26. The second kappa shape index (κ2) is 12.4. The SMILES string of the molecule is CCOC(=O)[C@@H]1CCN(C(=O)OC(C)(C)C)CC[C@H]1c1ccc(NC(=O)OCc2ccccc2)cc1. The molecule has 0 radical (unpaired) electrons. The maximum atomic E-state index is 12.8. The largest absolute Gasteiger partial charge is 0.466 e. The average Bonchev–Trinajstić information content (AvgIpc) is 3.06. The summed E-state index contributed by atoms with van der Waals surface area (Å²) in [6.45, 7) is 8.66. The molecule has 2 amide bonds. The summed E-state index contributed by atoms with van der Waals surface area (Å²) in [6.07, 6.45) is 0.154. The van der Waals surface area contributed by atoms with Gasteiger partial charge in [0.25, 0.3) is 0 Å². The molecule has 2 atom stereocenters. The number of likely N-dealkylation sites (tertiary alicyclic amines) is 1. The van der Waals surface area contributed by atoms with Gasteiger partial charge in [-0.3, -0.25) is 10.1 Å². The summed E-state index contributed by atoms with van der Waals surface area (Å²) in [6, 6.07) is 16.8. The van der Waals surface area contributed by atoms with Gasteiger partial charge in [-0.25, -0.2) is 9.59 Å². The van der Waals surface area contributed by atoms with Crippen molar-refractivity contribution in [2.24, 2.45) is 5.92 Å². The first-order valence-electron chi connectivity index (χ1n) is 12.4. The number of anilines is 1. The number of nitrogens with zero attached hydrogens (tertiary/aromatic N) is 1. The van der Waals surface area contributed by atoms with Crippen LogP contribution in [-0.2, 0) is 25.6 Å². The number of amides is 2. The minimum absolute atomic E-state index is 0.129. The lowest BCUT2D eigenvalue weighted by Crippen LogP contribution is -2.37. The summed E-state index contributed by atoms with van der Waals surface area (Å²) >= 11 is 0. The molecule has 1 aliphatic heterocycles. The van der Waals surface area contributed by atoms with E-state index in [1.807, 2.05) is 63.2 Å². The molecule has 0 saturated carbocycles. The topological polar surface area (TPSA) is 94.2 Å². The van der Waals surface area contributed by atoms with Gasteiger partial charge >= 0.3 is 18.2 Å². The van der Waals surface area contributed by atoms with E-state index in [1.165, 1.54) is 0 Å². The van der Waals surface area contributed by atoms with Crippen molar-refractivity contribution in [2.45, 2.75) is 58.7 Å². The fourth-order valence-corrected chi connectivity index (χ4v) is 4.23. The van der Waals surface area contributed by atoms with Crippen molar-refractivity contribution in [3.05, 3.63) is 65.7 Å². The van der Waals surface area contributed by atoms with Gasteiger partial charge in [-0.05, 0) is 69.7 Å². The standard InChI is InChI=1S/C28H36N2O6/c1-5-34-25(31)24-16-18-30(27(33)36-28(2,3)4)17-15-23(24)21-11-13-22(14-12-21)29-26(32)35-19-20-9-7-6-8-10-20/h6-14,23-24H,5,15-19H2,1-4H3,(H,29,32)/t23-,24+/m0/s1. The number of carbonyl (C=O) groups is 3. The quantitative estimate of drug-likeness (QED) is 0.405. The normalized spacial score (nSPS) is 18.1. The van der Waals surface area contributed by atoms with Crippen LogP contribution in [0.5, 0.6) is 0 Å². The first-order valence-corrected chi connectivity index (χ1v) is 12.4. The Morgan fingerprint density at radius 3 is 2.25 bits per heavy atom. The van der Waals surface area contributed by atoms with Gasteiger partial charge in [-0.15, -0.1) is 0 Å². The minimum atomic E-state index is -0.589. The van der Waals surface area contributed by atoms with Crippen LogP contribution in [0.3, 0.4) is 0 Å². The van der Waals surface area contributed by atoms with Crippen LogP contribution in [0.1, 0.15) is 57.6 Å². The molecular formula is C28H36N2O6. The van der Waals surface area contributed by atoms with Gasteiger partial charge in [-0.1, -0.05) is 42.5 Å². The fourth-order valence-electron chi connectivity index (χ4n) is 4.23. The zero-order valence-electron chi connectivity index (χ0n) is 21.5. The lowest BCUT2D eigenvalue weighted by atomic mass is 9.82. The first kappa shape index (κ1) is 27.0. The molecule has 0 spiro atoms. The van der Waals surface area contributed by atoms with E-state index < -0.39 is 11.7 Å². The summed E-state index contributed by atoms with van der Waals surface area (Å²) in [5.74, 6) is -0.775. The molecule has 0 aromatic heterocycles. The number of nitrogens with one attached hydrogen (secondary N) is 1. The van der Waals surface area contributed by atoms with E-state index in [4.69, 9.17) is 14.2 Å². The fraction of sp³-hybridized carbons (Fsp3) is 0.464. The van der Waals surface area contributed by atoms with Gasteiger partial charge in [0, 0.05) is 18.8 Å². The van der Waals surface area contributed by atoms with Gasteiger partial charge in [-0.2, -0.15) is 0 Å². The number of ether oxygens (including phenoxy) is 3. The Hall–Kier alpha value is -3.55. The zero-order valence-corrected chi connectivity index (χ0v) is 21.5. The van der Waals surface area contributed by atoms with Crippen LogP contribution in [0.25, 0.3) is 0 Å². The number of rotatable bonds is 6. The molecule has 1 aliphatic rings. The Labute approximate surface area is 212 Å². The number of esters is 1. The third kappa shape index (κ3) is 8.00. The van der Waals surface area contributed by atoms with E-state index in [1.54, 1.807) is 24.0 Å². The van der Waals surface area contributed by atoms with Crippen LogP contribution in [0.4, 0.5) is 15.3 Å². The van der Waals surface area contributed by atoms with Crippen LogP contribution in [0.2, 0.25) is 0 Å². The van der Waals surface area contributed by atoms with E-state index in [0.717, 1.165) is 11.1 Å². The van der Waals surface area contributed by atoms with E-state index in [0.29, 0.717) is 38.2 Å². The van der Waals surface area contributed by atoms with Gasteiger partial charge in [0.15, 0.2) is 0 Å². The van der Waals surface area contributed by atoms with Crippen molar-refractivity contribution in [3.63, 3.8) is 0 Å². The van der Waals surface area contributed by atoms with Crippen LogP contribution in [-0.4, -0.2) is 48.4 Å². The van der Waals surface area contributed by atoms with Crippen LogP contribution in [0, 0.1) is 5.92 Å². The number of hydrogen-bond donors (Lipinski definition) is 1. The van der Waals surface area contributed by atoms with Crippen molar-refractivity contribution in [1.29, 1.82) is 0 Å². The highest BCUT2D eigenvalue weighted by Gasteiger charge is 2.35. The predicted molar refractivity (Wildman–Crippen MR) is 137 cm³/mol. The van der Waals surface area contributed by atoms with E-state index in [-0.39, 0.29) is 30.5 Å². The van der Waals surface area contributed by atoms with E-state index in [2.05, 4.69) is 5.32 Å². The molecule has 8 nitrogen and oxygen atoms in total. The Morgan fingerprint density at radius 1 is 0.944 bits per heavy atom. The third-order valence-corrected chi connectivity index (χ3v) is 5.94. The van der Waals surface area contributed by atoms with Crippen LogP contribution in [0.15, 0.2) is 54.6 Å². The number of carbonyl (C=O) groups excluding carboxylic acids is 3. The van der Waals surface area contributed by atoms with Crippen molar-refractivity contribution >= 4 is 23.8 Å². The number of hydrogen-bond acceptors (Lipinski definition) is 6. The molecule has 2 aromatic carbocycles. The second-order valence-electron chi connectivity index (χ2n) is 9.82. The molecule has 1 N–H and O–H groups in total. The maximum absolute atomic E-state index is 12.8. The second-order valence-corrected chi connectivity index (χ2v) is 9.82. The molecule has 0 unspecified atom stereocenters. The monoisotopic (exact) mass is 496 g/mol.